The molecule has 5 heteroatoms. The van der Waals surface area contributed by atoms with Crippen LogP contribution in [0.5, 0.6) is 0 Å². The number of nitrogen functional groups attached to an aromatic ring is 1. The smallest absolute Gasteiger partial charge is 0.132 e. The summed E-state index contributed by atoms with van der Waals surface area (Å²) in [6, 6.07) is 2.38. The number of rotatable bonds is 4. The average Bonchev–Trinajstić information content (AvgIpc) is 2.32. The Bertz CT molecular complexity index is 446. The number of aromatic nitrogens is 2. The normalized spacial score (nSPS) is 21.6. The maximum absolute atomic E-state index is 5.93. The van der Waals surface area contributed by atoms with Crippen molar-refractivity contribution in [2.75, 3.05) is 39.5 Å². The van der Waals surface area contributed by atoms with E-state index >= 15 is 0 Å². The largest absolute Gasteiger partial charge is 0.384 e. The second-order valence-corrected chi connectivity index (χ2v) is 6.40. The van der Waals surface area contributed by atoms with Gasteiger partial charge >= 0.3 is 0 Å². The Morgan fingerprint density at radius 2 is 2.05 bits per heavy atom. The number of nitrogens with two attached hydrogens (primary N) is 1. The van der Waals surface area contributed by atoms with E-state index in [9.17, 15) is 0 Å². The molecule has 20 heavy (non-hydrogen) atoms. The van der Waals surface area contributed by atoms with Crippen LogP contribution in [0.25, 0.3) is 0 Å². The first-order valence-electron chi connectivity index (χ1n) is 7.45. The van der Waals surface area contributed by atoms with E-state index in [2.05, 4.69) is 42.7 Å². The van der Waals surface area contributed by atoms with E-state index in [1.54, 1.807) is 0 Å². The maximum Gasteiger partial charge on any atom is 0.132 e. The lowest BCUT2D eigenvalue weighted by molar-refractivity contribution is 0.113. The first kappa shape index (κ1) is 15.2. The molecule has 0 amide bonds. The van der Waals surface area contributed by atoms with Crippen LogP contribution >= 0.6 is 0 Å². The fraction of sp³-hybridized carbons (Fsp3) is 0.733. The van der Waals surface area contributed by atoms with Crippen molar-refractivity contribution in [1.82, 2.24) is 19.8 Å². The third-order valence-corrected chi connectivity index (χ3v) is 3.86. The van der Waals surface area contributed by atoms with Crippen LogP contribution < -0.4 is 5.73 Å². The van der Waals surface area contributed by atoms with Crippen molar-refractivity contribution in [1.29, 1.82) is 0 Å². The second kappa shape index (κ2) is 6.50. The quantitative estimate of drug-likeness (QED) is 0.891. The van der Waals surface area contributed by atoms with Crippen LogP contribution in [0, 0.1) is 5.92 Å². The summed E-state index contributed by atoms with van der Waals surface area (Å²) in [6.45, 7) is 7.68. The van der Waals surface area contributed by atoms with Gasteiger partial charge in [0.1, 0.15) is 11.6 Å². The van der Waals surface area contributed by atoms with Gasteiger partial charge in [0.15, 0.2) is 0 Å². The van der Waals surface area contributed by atoms with Gasteiger partial charge in [-0.15, -0.1) is 0 Å². The van der Waals surface area contributed by atoms with Crippen molar-refractivity contribution >= 4 is 5.82 Å². The summed E-state index contributed by atoms with van der Waals surface area (Å²) in [4.78, 5) is 13.9. The van der Waals surface area contributed by atoms with Gasteiger partial charge in [-0.2, -0.15) is 0 Å². The van der Waals surface area contributed by atoms with E-state index in [1.807, 2.05) is 6.07 Å². The van der Waals surface area contributed by atoms with Crippen LogP contribution in [0.1, 0.15) is 25.4 Å². The highest BCUT2D eigenvalue weighted by atomic mass is 15.3. The molecule has 1 fully saturated rings. The van der Waals surface area contributed by atoms with Crippen molar-refractivity contribution < 1.29 is 0 Å². The molecule has 112 valence electrons. The highest BCUT2D eigenvalue weighted by Crippen LogP contribution is 2.13. The Balaban J connectivity index is 2.09. The zero-order valence-corrected chi connectivity index (χ0v) is 13.1. The molecule has 5 nitrogen and oxygen atoms in total. The van der Waals surface area contributed by atoms with E-state index in [4.69, 9.17) is 10.7 Å². The molecule has 1 aliphatic rings. The Labute approximate surface area is 122 Å². The lowest BCUT2D eigenvalue weighted by Gasteiger charge is -2.37. The lowest BCUT2D eigenvalue weighted by atomic mass is 10.1. The minimum atomic E-state index is 0.474. The predicted molar refractivity (Wildman–Crippen MR) is 82.6 cm³/mol. The molecule has 0 aromatic carbocycles. The van der Waals surface area contributed by atoms with Gasteiger partial charge in [0.05, 0.1) is 0 Å². The van der Waals surface area contributed by atoms with Crippen LogP contribution in [0.15, 0.2) is 6.07 Å². The molecule has 1 atom stereocenters. The highest BCUT2D eigenvalue weighted by Gasteiger charge is 2.23. The molecule has 2 N–H and O–H groups in total. The monoisotopic (exact) mass is 277 g/mol. The molecule has 1 aliphatic heterocycles. The minimum Gasteiger partial charge on any atom is -0.384 e. The third kappa shape index (κ3) is 4.15. The zero-order valence-electron chi connectivity index (χ0n) is 13.1. The van der Waals surface area contributed by atoms with Gasteiger partial charge in [0, 0.05) is 43.9 Å². The van der Waals surface area contributed by atoms with Gasteiger partial charge in [0.25, 0.3) is 0 Å². The molecular formula is C15H27N5. The third-order valence-electron chi connectivity index (χ3n) is 3.86. The second-order valence-electron chi connectivity index (χ2n) is 6.40. The average molecular weight is 277 g/mol. The van der Waals surface area contributed by atoms with Crippen molar-refractivity contribution in [3.8, 4) is 0 Å². The first-order chi connectivity index (χ1) is 9.44. The number of likely N-dealkylation sites (N-methyl/N-ethyl adjacent to an activating group) is 2. The van der Waals surface area contributed by atoms with E-state index < -0.39 is 0 Å². The lowest BCUT2D eigenvalue weighted by Crippen LogP contribution is -2.51. The standard InChI is InChI=1S/C15H27N5/c1-11(2)7-12-8-14(16)18-15(17-12)9-13-10-19(3)5-6-20(13)4/h8,11,13H,5-7,9-10H2,1-4H3,(H2,16,17,18). The molecule has 2 rings (SSSR count). The summed E-state index contributed by atoms with van der Waals surface area (Å²) in [5.41, 5.74) is 6.99. The van der Waals surface area contributed by atoms with Crippen LogP contribution in [-0.4, -0.2) is 59.5 Å². The van der Waals surface area contributed by atoms with Crippen molar-refractivity contribution in [3.05, 3.63) is 17.6 Å². The number of piperazine rings is 1. The van der Waals surface area contributed by atoms with E-state index in [0.717, 1.165) is 44.0 Å². The maximum atomic E-state index is 5.93. The van der Waals surface area contributed by atoms with Crippen molar-refractivity contribution in [2.24, 2.45) is 5.92 Å². The molecule has 1 aromatic heterocycles. The molecule has 2 heterocycles. The van der Waals surface area contributed by atoms with Crippen LogP contribution in [0.4, 0.5) is 5.82 Å². The van der Waals surface area contributed by atoms with Crippen LogP contribution in [0.3, 0.4) is 0 Å². The minimum absolute atomic E-state index is 0.474. The molecular weight excluding hydrogens is 250 g/mol. The topological polar surface area (TPSA) is 58.3 Å². The van der Waals surface area contributed by atoms with Gasteiger partial charge in [-0.05, 0) is 26.4 Å². The zero-order chi connectivity index (χ0) is 14.7. The van der Waals surface area contributed by atoms with Gasteiger partial charge in [-0.1, -0.05) is 13.8 Å². The van der Waals surface area contributed by atoms with Gasteiger partial charge < -0.3 is 15.5 Å². The van der Waals surface area contributed by atoms with Gasteiger partial charge in [0.2, 0.25) is 0 Å². The molecule has 1 unspecified atom stereocenters. The van der Waals surface area contributed by atoms with Crippen LogP contribution in [0.2, 0.25) is 0 Å². The molecule has 0 aliphatic carbocycles. The predicted octanol–water partition coefficient (Wildman–Crippen LogP) is 1.05. The number of hydrogen-bond donors (Lipinski definition) is 1. The Morgan fingerprint density at radius 1 is 1.30 bits per heavy atom. The summed E-state index contributed by atoms with van der Waals surface area (Å²) in [5, 5.41) is 0. The SMILES string of the molecule is CC(C)Cc1cc(N)nc(CC2CN(C)CCN2C)n1. The summed E-state index contributed by atoms with van der Waals surface area (Å²) in [6.07, 6.45) is 1.83. The number of anilines is 1. The summed E-state index contributed by atoms with van der Waals surface area (Å²) < 4.78 is 0. The Kier molecular flexibility index (Phi) is 4.94. The molecule has 1 aromatic rings. The van der Waals surface area contributed by atoms with E-state index in [-0.39, 0.29) is 0 Å². The van der Waals surface area contributed by atoms with Crippen molar-refractivity contribution in [2.45, 2.75) is 32.7 Å². The van der Waals surface area contributed by atoms with Crippen molar-refractivity contribution in [3.63, 3.8) is 0 Å². The van der Waals surface area contributed by atoms with E-state index in [1.165, 1.54) is 0 Å². The van der Waals surface area contributed by atoms with Crippen LogP contribution in [-0.2, 0) is 12.8 Å². The fourth-order valence-electron chi connectivity index (χ4n) is 2.72. The Hall–Kier alpha value is -1.20. The summed E-state index contributed by atoms with van der Waals surface area (Å²) in [5.74, 6) is 2.06. The van der Waals surface area contributed by atoms with Gasteiger partial charge in [-0.25, -0.2) is 9.97 Å². The Morgan fingerprint density at radius 3 is 2.75 bits per heavy atom. The highest BCUT2D eigenvalue weighted by molar-refractivity contribution is 5.30. The summed E-state index contributed by atoms with van der Waals surface area (Å²) in [7, 11) is 4.35. The molecule has 0 bridgehead atoms. The molecule has 1 saturated heterocycles. The molecule has 0 saturated carbocycles. The number of hydrogen-bond acceptors (Lipinski definition) is 5. The van der Waals surface area contributed by atoms with E-state index in [0.29, 0.717) is 17.8 Å². The number of nitrogens with zero attached hydrogens (tertiary/aromatic N) is 4. The molecule has 0 spiro atoms. The fourth-order valence-corrected chi connectivity index (χ4v) is 2.72. The molecule has 0 radical (unpaired) electrons. The first-order valence-corrected chi connectivity index (χ1v) is 7.45. The van der Waals surface area contributed by atoms with Gasteiger partial charge in [-0.3, -0.25) is 0 Å². The summed E-state index contributed by atoms with van der Waals surface area (Å²) >= 11 is 0.